The molecule has 4 aromatic carbocycles. The first-order valence-corrected chi connectivity index (χ1v) is 19.4. The minimum Gasteiger partial charge on any atom is -0.305 e. The first-order chi connectivity index (χ1) is 21.4. The van der Waals surface area contributed by atoms with Crippen LogP contribution in [0.2, 0.25) is 19.6 Å². The smallest absolute Gasteiger partial charge is 0.0798 e. The van der Waals surface area contributed by atoms with Gasteiger partial charge >= 0.3 is 0 Å². The molecule has 7 aromatic rings. The number of aryl methyl sites for hydroxylation is 2. The molecular weight excluding hydrogens is 761 g/mol. The molecule has 0 unspecified atom stereocenters. The van der Waals surface area contributed by atoms with Gasteiger partial charge < -0.3 is 9.97 Å². The summed E-state index contributed by atoms with van der Waals surface area (Å²) in [6, 6.07) is 36.1. The Labute approximate surface area is 287 Å². The molecule has 0 fully saturated rings. The molecule has 45 heavy (non-hydrogen) atoms. The van der Waals surface area contributed by atoms with Gasteiger partial charge in [-0.2, -0.15) is 11.3 Å². The van der Waals surface area contributed by atoms with Crippen molar-refractivity contribution in [2.24, 2.45) is 0 Å². The third-order valence-corrected chi connectivity index (χ3v) is 11.4. The van der Waals surface area contributed by atoms with Crippen LogP contribution in [0.25, 0.3) is 53.5 Å². The van der Waals surface area contributed by atoms with Crippen LogP contribution in [0.3, 0.4) is 0 Å². The van der Waals surface area contributed by atoms with Gasteiger partial charge in [-0.1, -0.05) is 85.9 Å². The van der Waals surface area contributed by atoms with Crippen LogP contribution in [0.15, 0.2) is 97.3 Å². The Bertz CT molecular complexity index is 2160. The molecule has 1 radical (unpaired) electrons. The van der Waals surface area contributed by atoms with Crippen LogP contribution in [-0.2, 0) is 20.1 Å². The monoisotopic (exact) mass is 800 g/mol. The zero-order chi connectivity index (χ0) is 31.9. The molecule has 0 aliphatic rings. The van der Waals surface area contributed by atoms with Crippen LogP contribution in [0, 0.1) is 26.0 Å². The van der Waals surface area contributed by atoms with Crippen molar-refractivity contribution in [3.05, 3.63) is 126 Å². The van der Waals surface area contributed by atoms with Gasteiger partial charge in [0, 0.05) is 38.6 Å². The van der Waals surface area contributed by atoms with E-state index in [0.29, 0.717) is 0 Å². The molecule has 2 nitrogen and oxygen atoms in total. The fourth-order valence-electron chi connectivity index (χ4n) is 5.71. The SMILES string of the molecule is Cc1cc(-c2[c-]cccc2)ncc1[Si](C)(C)C.[2H]C(C)(C)c1ccnc(-c2[c-]ccc3c2sc2cc4cc(C)ccc4cc23)c1.[Ir]. The standard InChI is InChI=1S/C25H20NS.C15H18NSi.Ir/c1-15(2)17-9-10-26-23(13-17)21-6-4-5-20-22-12-18-8-7-16(3)11-19(18)14-24(22)27-25(20)21;1-12-10-14(13-8-6-5-7-9-13)16-11-15(12)17(2,3)4;/h4-5,7-15H,1-3H3;5-8,10-11H,1-4H3;/q2*-1;/i15D;;. The molecule has 0 aliphatic heterocycles. The fraction of sp³-hybridized carbons (Fsp3) is 0.200. The maximum absolute atomic E-state index is 8.35. The number of pyridine rings is 2. The van der Waals surface area contributed by atoms with Gasteiger partial charge in [-0.3, -0.25) is 0 Å². The molecule has 0 atom stereocenters. The molecule has 3 heterocycles. The van der Waals surface area contributed by atoms with Gasteiger partial charge in [-0.15, -0.1) is 59.7 Å². The number of hydrogen-bond acceptors (Lipinski definition) is 3. The van der Waals surface area contributed by atoms with Crippen molar-refractivity contribution in [2.45, 2.75) is 53.2 Å². The predicted molar refractivity (Wildman–Crippen MR) is 194 cm³/mol. The number of nitrogens with zero attached hydrogens (tertiary/aromatic N) is 2. The molecule has 0 aliphatic carbocycles. The zero-order valence-corrected chi connectivity index (χ0v) is 31.1. The van der Waals surface area contributed by atoms with Gasteiger partial charge in [0.05, 0.1) is 8.07 Å². The minimum atomic E-state index is -1.27. The van der Waals surface area contributed by atoms with E-state index in [4.69, 9.17) is 1.37 Å². The summed E-state index contributed by atoms with van der Waals surface area (Å²) in [7, 11) is -1.27. The van der Waals surface area contributed by atoms with Crippen molar-refractivity contribution in [3.8, 4) is 22.5 Å². The molecule has 0 N–H and O–H groups in total. The van der Waals surface area contributed by atoms with E-state index in [-0.39, 0.29) is 20.1 Å². The van der Waals surface area contributed by atoms with Crippen molar-refractivity contribution in [1.29, 1.82) is 0 Å². The number of hydrogen-bond donors (Lipinski definition) is 0. The Balaban J connectivity index is 0.000000200. The zero-order valence-electron chi connectivity index (χ0n) is 27.9. The van der Waals surface area contributed by atoms with E-state index in [1.807, 2.05) is 50.2 Å². The molecule has 0 saturated heterocycles. The summed E-state index contributed by atoms with van der Waals surface area (Å²) >= 11 is 1.80. The van der Waals surface area contributed by atoms with E-state index >= 15 is 0 Å². The summed E-state index contributed by atoms with van der Waals surface area (Å²) in [6.45, 7) is 15.2. The summed E-state index contributed by atoms with van der Waals surface area (Å²) in [5, 5.41) is 6.51. The van der Waals surface area contributed by atoms with Crippen molar-refractivity contribution >= 4 is 55.5 Å². The summed E-state index contributed by atoms with van der Waals surface area (Å²) in [6.07, 6.45) is 3.86. The van der Waals surface area contributed by atoms with Crippen molar-refractivity contribution in [2.75, 3.05) is 0 Å². The molecule has 0 saturated carbocycles. The molecule has 5 heteroatoms. The van der Waals surface area contributed by atoms with Crippen molar-refractivity contribution in [3.63, 3.8) is 0 Å². The van der Waals surface area contributed by atoms with E-state index < -0.39 is 14.0 Å². The average Bonchev–Trinajstić information content (AvgIpc) is 3.37. The summed E-state index contributed by atoms with van der Waals surface area (Å²) < 4.78 is 10.8. The molecular formula is C40H38IrN2SSi-2. The van der Waals surface area contributed by atoms with E-state index in [2.05, 4.69) is 110 Å². The molecule has 0 spiro atoms. The quantitative estimate of drug-likeness (QED) is 0.131. The van der Waals surface area contributed by atoms with Gasteiger partial charge in [0.2, 0.25) is 0 Å². The van der Waals surface area contributed by atoms with E-state index in [1.54, 1.807) is 17.5 Å². The van der Waals surface area contributed by atoms with Crippen LogP contribution in [-0.4, -0.2) is 18.0 Å². The summed E-state index contributed by atoms with van der Waals surface area (Å²) in [5.41, 5.74) is 7.58. The van der Waals surface area contributed by atoms with Crippen LogP contribution in [0.1, 0.15) is 37.8 Å². The fourth-order valence-corrected chi connectivity index (χ4v) is 8.66. The van der Waals surface area contributed by atoms with Crippen molar-refractivity contribution < 1.29 is 21.5 Å². The largest absolute Gasteiger partial charge is 0.305 e. The van der Waals surface area contributed by atoms with Crippen LogP contribution in [0.5, 0.6) is 0 Å². The van der Waals surface area contributed by atoms with E-state index in [0.717, 1.165) is 28.1 Å². The topological polar surface area (TPSA) is 25.8 Å². The van der Waals surface area contributed by atoms with E-state index in [1.165, 1.54) is 47.3 Å². The third-order valence-electron chi connectivity index (χ3n) is 8.04. The first kappa shape index (κ1) is 31.5. The molecule has 0 bridgehead atoms. The third kappa shape index (κ3) is 7.03. The van der Waals surface area contributed by atoms with Crippen LogP contribution < -0.4 is 5.19 Å². The Kier molecular flexibility index (Phi) is 9.44. The second kappa shape index (κ2) is 13.5. The average molecular weight is 800 g/mol. The van der Waals surface area contributed by atoms with Gasteiger partial charge in [-0.05, 0) is 75.4 Å². The van der Waals surface area contributed by atoms with Gasteiger partial charge in [0.1, 0.15) is 0 Å². The van der Waals surface area contributed by atoms with Crippen molar-refractivity contribution in [1.82, 2.24) is 9.97 Å². The summed E-state index contributed by atoms with van der Waals surface area (Å²) in [4.78, 5) is 9.18. The Morgan fingerprint density at radius 1 is 0.800 bits per heavy atom. The number of aromatic nitrogens is 2. The second-order valence-electron chi connectivity index (χ2n) is 12.7. The predicted octanol–water partition coefficient (Wildman–Crippen LogP) is 10.9. The number of fused-ring (bicyclic) bond motifs is 4. The molecule has 229 valence electrons. The van der Waals surface area contributed by atoms with E-state index in [9.17, 15) is 0 Å². The normalized spacial score (nSPS) is 12.0. The Morgan fingerprint density at radius 3 is 2.33 bits per heavy atom. The van der Waals surface area contributed by atoms with Gasteiger partial charge in [-0.25, -0.2) is 0 Å². The molecule has 0 amide bonds. The molecule has 7 rings (SSSR count). The number of benzene rings is 4. The van der Waals surface area contributed by atoms with Gasteiger partial charge in [0.25, 0.3) is 0 Å². The molecule has 3 aromatic heterocycles. The Morgan fingerprint density at radius 2 is 1.62 bits per heavy atom. The maximum atomic E-state index is 8.35. The van der Waals surface area contributed by atoms with Gasteiger partial charge in [0.15, 0.2) is 0 Å². The van der Waals surface area contributed by atoms with Crippen LogP contribution in [0.4, 0.5) is 0 Å². The summed E-state index contributed by atoms with van der Waals surface area (Å²) in [5.74, 6) is -0.651. The number of thiophene rings is 1. The minimum absolute atomic E-state index is 0. The maximum Gasteiger partial charge on any atom is 0.0798 e. The first-order valence-electron chi connectivity index (χ1n) is 15.6. The Hall–Kier alpha value is -3.47. The second-order valence-corrected chi connectivity index (χ2v) is 18.8. The van der Waals surface area contributed by atoms with Crippen LogP contribution >= 0.6 is 11.3 Å². The number of rotatable bonds is 4.